The van der Waals surface area contributed by atoms with Gasteiger partial charge in [0.05, 0.1) is 0 Å². The van der Waals surface area contributed by atoms with Gasteiger partial charge in [-0.25, -0.2) is 9.37 Å². The molecule has 2 aromatic carbocycles. The molecule has 6 nitrogen and oxygen atoms in total. The highest BCUT2D eigenvalue weighted by molar-refractivity contribution is 5.91. The summed E-state index contributed by atoms with van der Waals surface area (Å²) in [6.45, 7) is 0. The molecular formula is C19H13F4N3O3. The predicted molar refractivity (Wildman–Crippen MR) is 95.5 cm³/mol. The number of ether oxygens (including phenoxy) is 1. The third-order valence-corrected chi connectivity index (χ3v) is 3.98. The number of para-hydroxylation sites is 1. The number of carbonyl (C=O) groups is 1. The van der Waals surface area contributed by atoms with Crippen molar-refractivity contribution in [3.05, 3.63) is 70.5 Å². The molecule has 29 heavy (non-hydrogen) atoms. The van der Waals surface area contributed by atoms with Crippen LogP contribution in [0.1, 0.15) is 10.5 Å². The van der Waals surface area contributed by atoms with Crippen LogP contribution in [0.4, 0.5) is 17.6 Å². The molecule has 1 amide bonds. The molecule has 150 valence electrons. The van der Waals surface area contributed by atoms with Crippen LogP contribution in [-0.2, 0) is 7.05 Å². The number of aromatic nitrogens is 2. The molecule has 1 heterocycles. The lowest BCUT2D eigenvalue weighted by atomic mass is 9.99. The number of nitrogens with two attached hydrogens (primary N) is 1. The Morgan fingerprint density at radius 3 is 2.34 bits per heavy atom. The normalized spacial score (nSPS) is 11.3. The van der Waals surface area contributed by atoms with E-state index < -0.39 is 35.1 Å². The van der Waals surface area contributed by atoms with Crippen molar-refractivity contribution in [2.75, 3.05) is 0 Å². The number of nitrogens with zero attached hydrogens (tertiary/aromatic N) is 2. The van der Waals surface area contributed by atoms with Gasteiger partial charge in [0.25, 0.3) is 11.5 Å². The average molecular weight is 407 g/mol. The molecule has 2 N–H and O–H groups in total. The number of amides is 1. The number of hydrogen-bond donors (Lipinski definition) is 1. The molecule has 0 spiro atoms. The number of rotatable bonds is 4. The van der Waals surface area contributed by atoms with Crippen LogP contribution in [0.15, 0.2) is 53.5 Å². The topological polar surface area (TPSA) is 87.2 Å². The van der Waals surface area contributed by atoms with Gasteiger partial charge in [-0.1, -0.05) is 30.3 Å². The van der Waals surface area contributed by atoms with Crippen molar-refractivity contribution in [1.29, 1.82) is 0 Å². The molecule has 1 aromatic heterocycles. The van der Waals surface area contributed by atoms with Crippen molar-refractivity contribution >= 4 is 5.91 Å². The molecule has 3 aromatic rings. The smallest absolute Gasteiger partial charge is 0.405 e. The summed E-state index contributed by atoms with van der Waals surface area (Å²) in [5.41, 5.74) is 3.08. The summed E-state index contributed by atoms with van der Waals surface area (Å²) in [5, 5.41) is 0. The molecule has 3 rings (SSSR count). The van der Waals surface area contributed by atoms with Crippen LogP contribution in [0.25, 0.3) is 22.4 Å². The Morgan fingerprint density at radius 1 is 1.07 bits per heavy atom. The first-order valence-corrected chi connectivity index (χ1v) is 8.10. The van der Waals surface area contributed by atoms with Gasteiger partial charge in [-0.3, -0.25) is 9.59 Å². The van der Waals surface area contributed by atoms with E-state index in [9.17, 15) is 22.8 Å². The van der Waals surface area contributed by atoms with Gasteiger partial charge in [-0.05, 0) is 12.1 Å². The van der Waals surface area contributed by atoms with Gasteiger partial charge < -0.3 is 15.0 Å². The highest BCUT2D eigenvalue weighted by Crippen LogP contribution is 2.37. The second-order valence-electron chi connectivity index (χ2n) is 5.97. The first-order valence-electron chi connectivity index (χ1n) is 8.10. The lowest BCUT2D eigenvalue weighted by Crippen LogP contribution is -2.25. The van der Waals surface area contributed by atoms with E-state index in [1.165, 1.54) is 43.4 Å². The van der Waals surface area contributed by atoms with Crippen molar-refractivity contribution in [2.45, 2.75) is 6.36 Å². The summed E-state index contributed by atoms with van der Waals surface area (Å²) in [6.07, 6.45) is -3.88. The first kappa shape index (κ1) is 20.1. The van der Waals surface area contributed by atoms with E-state index >= 15 is 4.39 Å². The molecule has 0 aliphatic rings. The van der Waals surface area contributed by atoms with Gasteiger partial charge >= 0.3 is 6.36 Å². The van der Waals surface area contributed by atoms with Crippen LogP contribution in [0.5, 0.6) is 5.75 Å². The van der Waals surface area contributed by atoms with Crippen LogP contribution >= 0.6 is 0 Å². The van der Waals surface area contributed by atoms with Gasteiger partial charge in [0.2, 0.25) is 0 Å². The summed E-state index contributed by atoms with van der Waals surface area (Å²) in [6, 6.07) is 8.81. The summed E-state index contributed by atoms with van der Waals surface area (Å²) >= 11 is 0. The van der Waals surface area contributed by atoms with Crippen molar-refractivity contribution < 1.29 is 27.1 Å². The Labute approximate surface area is 161 Å². The predicted octanol–water partition coefficient (Wildman–Crippen LogP) is 3.25. The molecule has 0 atom stereocenters. The van der Waals surface area contributed by atoms with E-state index in [-0.39, 0.29) is 22.4 Å². The SMILES string of the molecule is Cn1cc(C(N)=O)nc(-c2cccc(-c3ccccc3OC(F)(F)F)c2F)c1=O. The number of benzene rings is 2. The quantitative estimate of drug-likeness (QED) is 0.673. The molecule has 0 aliphatic heterocycles. The minimum Gasteiger partial charge on any atom is -0.405 e. The number of aryl methyl sites for hydroxylation is 1. The summed E-state index contributed by atoms with van der Waals surface area (Å²) in [5.74, 6) is -2.54. The van der Waals surface area contributed by atoms with Gasteiger partial charge in [-0.2, -0.15) is 0 Å². The Hall–Kier alpha value is -3.69. The van der Waals surface area contributed by atoms with Crippen LogP contribution in [-0.4, -0.2) is 21.8 Å². The minimum atomic E-state index is -4.97. The van der Waals surface area contributed by atoms with Gasteiger partial charge in [0, 0.05) is 29.9 Å². The molecule has 0 bridgehead atoms. The molecule has 0 unspecified atom stereocenters. The maximum absolute atomic E-state index is 15.3. The maximum Gasteiger partial charge on any atom is 0.573 e. The highest BCUT2D eigenvalue weighted by atomic mass is 19.4. The number of alkyl halides is 3. The molecule has 0 aliphatic carbocycles. The zero-order valence-electron chi connectivity index (χ0n) is 14.8. The maximum atomic E-state index is 15.3. The monoisotopic (exact) mass is 407 g/mol. The van der Waals surface area contributed by atoms with E-state index in [2.05, 4.69) is 9.72 Å². The fraction of sp³-hybridized carbons (Fsp3) is 0.105. The Morgan fingerprint density at radius 2 is 1.69 bits per heavy atom. The highest BCUT2D eigenvalue weighted by Gasteiger charge is 2.32. The van der Waals surface area contributed by atoms with Gasteiger partial charge in [-0.15, -0.1) is 13.2 Å². The average Bonchev–Trinajstić information content (AvgIpc) is 2.63. The Kier molecular flexibility index (Phi) is 5.10. The van der Waals surface area contributed by atoms with Crippen LogP contribution in [0.2, 0.25) is 0 Å². The van der Waals surface area contributed by atoms with E-state index in [0.717, 1.165) is 16.8 Å². The van der Waals surface area contributed by atoms with Crippen molar-refractivity contribution in [2.24, 2.45) is 12.8 Å². The third-order valence-electron chi connectivity index (χ3n) is 3.98. The number of hydrogen-bond acceptors (Lipinski definition) is 4. The minimum absolute atomic E-state index is 0.174. The third kappa shape index (κ3) is 4.10. The van der Waals surface area contributed by atoms with Crippen LogP contribution < -0.4 is 16.0 Å². The fourth-order valence-electron chi connectivity index (χ4n) is 2.73. The van der Waals surface area contributed by atoms with Crippen molar-refractivity contribution in [3.63, 3.8) is 0 Å². The Bertz CT molecular complexity index is 1160. The molecule has 10 heteroatoms. The first-order chi connectivity index (χ1) is 13.6. The van der Waals surface area contributed by atoms with Crippen molar-refractivity contribution in [1.82, 2.24) is 9.55 Å². The number of carbonyl (C=O) groups excluding carboxylic acids is 1. The summed E-state index contributed by atoms with van der Waals surface area (Å²) < 4.78 is 58.3. The standard InChI is InChI=1S/C19H13F4N3O3/c1-26-9-13(17(24)27)25-16(18(26)28)12-7-4-6-11(15(12)20)10-5-2-3-8-14(10)29-19(21,22)23/h2-9H,1H3,(H2,24,27). The zero-order valence-corrected chi connectivity index (χ0v) is 14.8. The van der Waals surface area contributed by atoms with Gasteiger partial charge in [0.15, 0.2) is 0 Å². The number of halogens is 4. The summed E-state index contributed by atoms with van der Waals surface area (Å²) in [7, 11) is 1.33. The van der Waals surface area contributed by atoms with E-state index in [1.807, 2.05) is 0 Å². The lowest BCUT2D eigenvalue weighted by molar-refractivity contribution is -0.274. The second kappa shape index (κ2) is 7.38. The van der Waals surface area contributed by atoms with Crippen LogP contribution in [0.3, 0.4) is 0 Å². The Balaban J connectivity index is 2.22. The zero-order chi connectivity index (χ0) is 21.3. The second-order valence-corrected chi connectivity index (χ2v) is 5.97. The molecular weight excluding hydrogens is 394 g/mol. The van der Waals surface area contributed by atoms with E-state index in [1.54, 1.807) is 0 Å². The number of primary amides is 1. The van der Waals surface area contributed by atoms with Crippen LogP contribution in [0, 0.1) is 5.82 Å². The van der Waals surface area contributed by atoms with E-state index in [4.69, 9.17) is 5.73 Å². The van der Waals surface area contributed by atoms with Crippen molar-refractivity contribution in [3.8, 4) is 28.1 Å². The fourth-order valence-corrected chi connectivity index (χ4v) is 2.73. The van der Waals surface area contributed by atoms with E-state index in [0.29, 0.717) is 0 Å². The summed E-state index contributed by atoms with van der Waals surface area (Å²) in [4.78, 5) is 27.7. The molecule has 0 radical (unpaired) electrons. The molecule has 0 saturated heterocycles. The molecule has 0 fully saturated rings. The molecule has 0 saturated carbocycles. The van der Waals surface area contributed by atoms with Gasteiger partial charge in [0.1, 0.15) is 23.0 Å². The largest absolute Gasteiger partial charge is 0.573 e. The lowest BCUT2D eigenvalue weighted by Gasteiger charge is -2.15.